The van der Waals surface area contributed by atoms with Crippen LogP contribution in [0.4, 0.5) is 5.69 Å². The van der Waals surface area contributed by atoms with Crippen LogP contribution in [0.25, 0.3) is 0 Å². The molecule has 2 aromatic carbocycles. The van der Waals surface area contributed by atoms with E-state index in [2.05, 4.69) is 0 Å². The molecule has 0 unspecified atom stereocenters. The standard InChI is InChI=1S/C16H16ClNO2/c1-10-6-7-12(8-11(10)2)9-20-16(19)13-4-3-5-14(18)15(13)17/h3-8H,9,18H2,1-2H3. The first kappa shape index (κ1) is 14.4. The molecule has 0 aliphatic rings. The number of carbonyl (C=O) groups excluding carboxylic acids is 1. The highest BCUT2D eigenvalue weighted by Gasteiger charge is 2.13. The molecule has 0 fully saturated rings. The van der Waals surface area contributed by atoms with Crippen LogP contribution in [0.2, 0.25) is 5.02 Å². The fourth-order valence-electron chi connectivity index (χ4n) is 1.83. The van der Waals surface area contributed by atoms with E-state index >= 15 is 0 Å². The quantitative estimate of drug-likeness (QED) is 0.689. The van der Waals surface area contributed by atoms with Gasteiger partial charge in [0, 0.05) is 0 Å². The van der Waals surface area contributed by atoms with Crippen LogP contribution < -0.4 is 5.73 Å². The molecule has 0 amide bonds. The summed E-state index contributed by atoms with van der Waals surface area (Å²) in [6, 6.07) is 10.9. The van der Waals surface area contributed by atoms with Gasteiger partial charge in [0.2, 0.25) is 0 Å². The summed E-state index contributed by atoms with van der Waals surface area (Å²) in [7, 11) is 0. The highest BCUT2D eigenvalue weighted by atomic mass is 35.5. The van der Waals surface area contributed by atoms with E-state index < -0.39 is 5.97 Å². The molecule has 0 aromatic heterocycles. The fraction of sp³-hybridized carbons (Fsp3) is 0.188. The molecule has 0 radical (unpaired) electrons. The monoisotopic (exact) mass is 289 g/mol. The van der Waals surface area contributed by atoms with Gasteiger partial charge in [-0.15, -0.1) is 0 Å². The van der Waals surface area contributed by atoms with Crippen LogP contribution in [0.5, 0.6) is 0 Å². The Morgan fingerprint density at radius 3 is 2.65 bits per heavy atom. The Hall–Kier alpha value is -2.00. The molecule has 0 atom stereocenters. The van der Waals surface area contributed by atoms with Crippen molar-refractivity contribution in [1.82, 2.24) is 0 Å². The summed E-state index contributed by atoms with van der Waals surface area (Å²) >= 11 is 5.99. The predicted molar refractivity (Wildman–Crippen MR) is 80.9 cm³/mol. The molecule has 0 aliphatic carbocycles. The molecule has 0 bridgehead atoms. The molecule has 2 N–H and O–H groups in total. The van der Waals surface area contributed by atoms with E-state index in [1.165, 1.54) is 11.1 Å². The van der Waals surface area contributed by atoms with Crippen LogP contribution in [-0.4, -0.2) is 5.97 Å². The predicted octanol–water partition coefficient (Wildman–Crippen LogP) is 3.90. The Balaban J connectivity index is 2.08. The van der Waals surface area contributed by atoms with Gasteiger partial charge in [-0.25, -0.2) is 4.79 Å². The van der Waals surface area contributed by atoms with Gasteiger partial charge in [-0.05, 0) is 42.7 Å². The summed E-state index contributed by atoms with van der Waals surface area (Å²) in [4.78, 5) is 12.0. The molecule has 20 heavy (non-hydrogen) atoms. The van der Waals surface area contributed by atoms with E-state index in [0.717, 1.165) is 5.56 Å². The third kappa shape index (κ3) is 3.11. The number of hydrogen-bond acceptors (Lipinski definition) is 3. The van der Waals surface area contributed by atoms with Crippen molar-refractivity contribution in [3.63, 3.8) is 0 Å². The number of nitrogen functional groups attached to an aromatic ring is 1. The maximum absolute atomic E-state index is 12.0. The molecule has 4 heteroatoms. The van der Waals surface area contributed by atoms with Gasteiger partial charge in [0.25, 0.3) is 0 Å². The molecule has 0 saturated heterocycles. The van der Waals surface area contributed by atoms with Gasteiger partial charge in [0.05, 0.1) is 16.3 Å². The van der Waals surface area contributed by atoms with Crippen LogP contribution in [0.1, 0.15) is 27.0 Å². The molecular formula is C16H16ClNO2. The van der Waals surface area contributed by atoms with Gasteiger partial charge in [-0.3, -0.25) is 0 Å². The van der Waals surface area contributed by atoms with E-state index in [-0.39, 0.29) is 17.2 Å². The minimum atomic E-state index is -0.472. The molecule has 2 rings (SSSR count). The summed E-state index contributed by atoms with van der Waals surface area (Å²) in [5.41, 5.74) is 9.64. The number of esters is 1. The average molecular weight is 290 g/mol. The number of benzene rings is 2. The lowest BCUT2D eigenvalue weighted by atomic mass is 10.1. The molecule has 0 aliphatic heterocycles. The van der Waals surface area contributed by atoms with Crippen molar-refractivity contribution in [3.8, 4) is 0 Å². The van der Waals surface area contributed by atoms with Crippen LogP contribution >= 0.6 is 11.6 Å². The SMILES string of the molecule is Cc1ccc(COC(=O)c2cccc(N)c2Cl)cc1C. The molecule has 2 aromatic rings. The molecule has 0 spiro atoms. The highest BCUT2D eigenvalue weighted by Crippen LogP contribution is 2.24. The number of hydrogen-bond donors (Lipinski definition) is 1. The Bertz CT molecular complexity index is 653. The van der Waals surface area contributed by atoms with E-state index in [9.17, 15) is 4.79 Å². The van der Waals surface area contributed by atoms with Crippen molar-refractivity contribution in [2.75, 3.05) is 5.73 Å². The number of ether oxygens (including phenoxy) is 1. The summed E-state index contributed by atoms with van der Waals surface area (Å²) in [6.07, 6.45) is 0. The van der Waals surface area contributed by atoms with Gasteiger partial charge in [-0.2, -0.15) is 0 Å². The lowest BCUT2D eigenvalue weighted by molar-refractivity contribution is 0.0473. The van der Waals surface area contributed by atoms with Gasteiger partial charge in [-0.1, -0.05) is 35.9 Å². The maximum Gasteiger partial charge on any atom is 0.340 e. The van der Waals surface area contributed by atoms with Crippen LogP contribution in [0.15, 0.2) is 36.4 Å². The Morgan fingerprint density at radius 1 is 1.20 bits per heavy atom. The minimum absolute atomic E-state index is 0.213. The highest BCUT2D eigenvalue weighted by molar-refractivity contribution is 6.36. The first-order valence-corrected chi connectivity index (χ1v) is 6.64. The smallest absolute Gasteiger partial charge is 0.340 e. The van der Waals surface area contributed by atoms with Gasteiger partial charge in [0.15, 0.2) is 0 Å². The van der Waals surface area contributed by atoms with Crippen molar-refractivity contribution in [3.05, 3.63) is 63.7 Å². The molecule has 0 saturated carbocycles. The minimum Gasteiger partial charge on any atom is -0.457 e. The van der Waals surface area contributed by atoms with Crippen LogP contribution in [0, 0.1) is 13.8 Å². The van der Waals surface area contributed by atoms with Crippen molar-refractivity contribution >= 4 is 23.3 Å². The van der Waals surface area contributed by atoms with E-state index in [0.29, 0.717) is 5.69 Å². The summed E-state index contributed by atoms with van der Waals surface area (Å²) in [5.74, 6) is -0.472. The third-order valence-corrected chi connectivity index (χ3v) is 3.61. The summed E-state index contributed by atoms with van der Waals surface area (Å²) in [5, 5.41) is 0.234. The lowest BCUT2D eigenvalue weighted by Crippen LogP contribution is -2.07. The zero-order chi connectivity index (χ0) is 14.7. The normalized spacial score (nSPS) is 10.3. The lowest BCUT2D eigenvalue weighted by Gasteiger charge is -2.09. The van der Waals surface area contributed by atoms with Gasteiger partial charge in [0.1, 0.15) is 6.61 Å². The van der Waals surface area contributed by atoms with Gasteiger partial charge >= 0.3 is 5.97 Å². The zero-order valence-corrected chi connectivity index (χ0v) is 12.2. The number of nitrogens with two attached hydrogens (primary N) is 1. The number of rotatable bonds is 3. The third-order valence-electron chi connectivity index (χ3n) is 3.19. The second-order valence-electron chi connectivity index (χ2n) is 4.70. The first-order valence-electron chi connectivity index (χ1n) is 6.26. The second kappa shape index (κ2) is 5.97. The van der Waals surface area contributed by atoms with Crippen LogP contribution in [0.3, 0.4) is 0 Å². The Labute approximate surface area is 123 Å². The zero-order valence-electron chi connectivity index (χ0n) is 11.4. The number of aryl methyl sites for hydroxylation is 2. The number of carbonyl (C=O) groups is 1. The number of halogens is 1. The van der Waals surface area contributed by atoms with E-state index in [4.69, 9.17) is 22.1 Å². The van der Waals surface area contributed by atoms with Crippen molar-refractivity contribution < 1.29 is 9.53 Å². The Morgan fingerprint density at radius 2 is 1.95 bits per heavy atom. The first-order chi connectivity index (χ1) is 9.49. The van der Waals surface area contributed by atoms with Crippen molar-refractivity contribution in [2.45, 2.75) is 20.5 Å². The molecule has 0 heterocycles. The Kier molecular flexibility index (Phi) is 4.30. The largest absolute Gasteiger partial charge is 0.457 e. The average Bonchev–Trinajstić information content (AvgIpc) is 2.43. The van der Waals surface area contributed by atoms with Crippen LogP contribution in [-0.2, 0) is 11.3 Å². The maximum atomic E-state index is 12.0. The topological polar surface area (TPSA) is 52.3 Å². The summed E-state index contributed by atoms with van der Waals surface area (Å²) < 4.78 is 5.27. The number of anilines is 1. The molecular weight excluding hydrogens is 274 g/mol. The van der Waals surface area contributed by atoms with E-state index in [1.807, 2.05) is 32.0 Å². The second-order valence-corrected chi connectivity index (χ2v) is 5.08. The van der Waals surface area contributed by atoms with Crippen molar-refractivity contribution in [2.24, 2.45) is 0 Å². The molecule has 104 valence electrons. The fourth-order valence-corrected chi connectivity index (χ4v) is 2.03. The molecule has 3 nitrogen and oxygen atoms in total. The van der Waals surface area contributed by atoms with Gasteiger partial charge < -0.3 is 10.5 Å². The van der Waals surface area contributed by atoms with E-state index in [1.54, 1.807) is 18.2 Å². The van der Waals surface area contributed by atoms with Crippen molar-refractivity contribution in [1.29, 1.82) is 0 Å². The summed E-state index contributed by atoms with van der Waals surface area (Å²) in [6.45, 7) is 4.28.